The van der Waals surface area contributed by atoms with Crippen molar-refractivity contribution >= 4 is 5.91 Å². The fraction of sp³-hybridized carbons (Fsp3) is 0.600. The molecule has 4 rings (SSSR count). The number of oxazole rings is 1. The van der Waals surface area contributed by atoms with Crippen LogP contribution in [0.15, 0.2) is 28.9 Å². The molecule has 0 aliphatic carbocycles. The van der Waals surface area contributed by atoms with Gasteiger partial charge in [0.1, 0.15) is 17.8 Å². The van der Waals surface area contributed by atoms with Gasteiger partial charge in [0.15, 0.2) is 5.69 Å². The lowest BCUT2D eigenvalue weighted by atomic mass is 10.1. The lowest BCUT2D eigenvalue weighted by molar-refractivity contribution is 0.0320. The number of carbonyl (C=O) groups is 1. The fourth-order valence-corrected chi connectivity index (χ4v) is 4.50. The van der Waals surface area contributed by atoms with Gasteiger partial charge >= 0.3 is 0 Å². The second kappa shape index (κ2) is 12.2. The van der Waals surface area contributed by atoms with Gasteiger partial charge in [-0.15, -0.1) is 0 Å². The molecule has 2 aliphatic heterocycles. The first kappa shape index (κ1) is 24.5. The first-order chi connectivity index (χ1) is 16.7. The van der Waals surface area contributed by atoms with Gasteiger partial charge < -0.3 is 23.5 Å². The Kier molecular flexibility index (Phi) is 8.79. The van der Waals surface area contributed by atoms with Crippen molar-refractivity contribution in [1.82, 2.24) is 19.7 Å². The summed E-state index contributed by atoms with van der Waals surface area (Å²) in [4.78, 5) is 23.9. The van der Waals surface area contributed by atoms with Gasteiger partial charge in [-0.25, -0.2) is 4.98 Å². The third-order valence-electron chi connectivity index (χ3n) is 6.49. The molecule has 0 N–H and O–H groups in total. The normalized spacial score (nSPS) is 17.2. The van der Waals surface area contributed by atoms with Crippen LogP contribution >= 0.6 is 0 Å². The van der Waals surface area contributed by atoms with E-state index in [0.717, 1.165) is 82.4 Å². The predicted octanol–water partition coefficient (Wildman–Crippen LogP) is 2.65. The first-order valence-electron chi connectivity index (χ1n) is 12.1. The Morgan fingerprint density at radius 1 is 1.06 bits per heavy atom. The van der Waals surface area contributed by atoms with Crippen molar-refractivity contribution in [3.63, 3.8) is 0 Å². The van der Waals surface area contributed by atoms with Crippen LogP contribution in [-0.4, -0.2) is 92.3 Å². The highest BCUT2D eigenvalue weighted by Gasteiger charge is 2.23. The zero-order chi connectivity index (χ0) is 23.8. The maximum absolute atomic E-state index is 12.8. The number of methoxy groups -OCH3 is 2. The third-order valence-corrected chi connectivity index (χ3v) is 6.49. The van der Waals surface area contributed by atoms with Crippen LogP contribution in [-0.2, 0) is 17.8 Å². The van der Waals surface area contributed by atoms with E-state index in [9.17, 15) is 4.79 Å². The van der Waals surface area contributed by atoms with Gasteiger partial charge in [-0.1, -0.05) is 0 Å². The minimum absolute atomic E-state index is 0.0379. The van der Waals surface area contributed by atoms with E-state index in [1.54, 1.807) is 14.2 Å². The Balaban J connectivity index is 1.46. The van der Waals surface area contributed by atoms with E-state index in [4.69, 9.17) is 18.6 Å². The quantitative estimate of drug-likeness (QED) is 0.522. The molecule has 9 nitrogen and oxygen atoms in total. The number of piperidine rings is 1. The molecule has 0 radical (unpaired) electrons. The smallest absolute Gasteiger partial charge is 0.275 e. The number of likely N-dealkylation sites (tertiary alicyclic amines) is 1. The molecule has 34 heavy (non-hydrogen) atoms. The van der Waals surface area contributed by atoms with Crippen LogP contribution in [0.4, 0.5) is 0 Å². The number of carbonyl (C=O) groups excluding carboxylic acids is 1. The molecule has 1 aromatic heterocycles. The van der Waals surface area contributed by atoms with Crippen molar-refractivity contribution in [3.05, 3.63) is 41.6 Å². The van der Waals surface area contributed by atoms with Crippen molar-refractivity contribution < 1.29 is 23.4 Å². The molecular formula is C25H36N4O5. The van der Waals surface area contributed by atoms with Crippen LogP contribution in [0.5, 0.6) is 11.5 Å². The van der Waals surface area contributed by atoms with E-state index in [-0.39, 0.29) is 5.91 Å². The molecule has 2 fully saturated rings. The van der Waals surface area contributed by atoms with E-state index >= 15 is 0 Å². The summed E-state index contributed by atoms with van der Waals surface area (Å²) in [5.74, 6) is 2.10. The van der Waals surface area contributed by atoms with Crippen LogP contribution in [0.1, 0.15) is 41.2 Å². The molecule has 1 amide bonds. The van der Waals surface area contributed by atoms with Crippen molar-refractivity contribution in [3.8, 4) is 11.5 Å². The highest BCUT2D eigenvalue weighted by atomic mass is 16.5. The standard InChI is InChI=1S/C25H36N4O5/c1-31-21-6-7-23(32-2)20(16-21)17-28(11-10-27-12-14-33-15-13-27)18-24-26-22(19-34-24)25(30)29-8-4-3-5-9-29/h6-7,16,19H,3-5,8-15,17-18H2,1-2H3. The van der Waals surface area contributed by atoms with Crippen molar-refractivity contribution in [2.45, 2.75) is 32.4 Å². The van der Waals surface area contributed by atoms with Crippen molar-refractivity contribution in [2.24, 2.45) is 0 Å². The molecule has 0 saturated carbocycles. The third kappa shape index (κ3) is 6.49. The maximum atomic E-state index is 12.8. The van der Waals surface area contributed by atoms with Crippen LogP contribution in [0.3, 0.4) is 0 Å². The molecular weight excluding hydrogens is 436 g/mol. The Bertz CT molecular complexity index is 922. The Morgan fingerprint density at radius 3 is 2.59 bits per heavy atom. The van der Waals surface area contributed by atoms with E-state index < -0.39 is 0 Å². The summed E-state index contributed by atoms with van der Waals surface area (Å²) in [6, 6.07) is 5.82. The van der Waals surface area contributed by atoms with Gasteiger partial charge in [0.05, 0.1) is 34.0 Å². The summed E-state index contributed by atoms with van der Waals surface area (Å²) < 4.78 is 22.3. The van der Waals surface area contributed by atoms with Crippen LogP contribution in [0.25, 0.3) is 0 Å². The molecule has 2 aromatic rings. The molecule has 186 valence electrons. The molecule has 0 unspecified atom stereocenters. The second-order valence-corrected chi connectivity index (χ2v) is 8.82. The average Bonchev–Trinajstić information content (AvgIpc) is 3.36. The van der Waals surface area contributed by atoms with E-state index in [1.807, 2.05) is 23.1 Å². The number of amides is 1. The number of rotatable bonds is 10. The molecule has 0 spiro atoms. The minimum atomic E-state index is -0.0379. The van der Waals surface area contributed by atoms with Crippen molar-refractivity contribution in [1.29, 1.82) is 0 Å². The van der Waals surface area contributed by atoms with Gasteiger partial charge in [0.25, 0.3) is 5.91 Å². The van der Waals surface area contributed by atoms with Gasteiger partial charge in [-0.05, 0) is 37.5 Å². The number of hydrogen-bond donors (Lipinski definition) is 0. The molecule has 0 bridgehead atoms. The Labute approximate surface area is 201 Å². The number of nitrogens with zero attached hydrogens (tertiary/aromatic N) is 4. The summed E-state index contributed by atoms with van der Waals surface area (Å²) in [6.45, 7) is 7.86. The average molecular weight is 473 g/mol. The van der Waals surface area contributed by atoms with Crippen molar-refractivity contribution in [2.75, 3.05) is 66.7 Å². The van der Waals surface area contributed by atoms with Gasteiger partial charge in [0.2, 0.25) is 5.89 Å². The van der Waals surface area contributed by atoms with E-state index in [1.165, 1.54) is 12.7 Å². The molecule has 2 aliphatic rings. The fourth-order valence-electron chi connectivity index (χ4n) is 4.50. The molecule has 1 aromatic carbocycles. The lowest BCUT2D eigenvalue weighted by Crippen LogP contribution is -2.41. The minimum Gasteiger partial charge on any atom is -0.497 e. The zero-order valence-corrected chi connectivity index (χ0v) is 20.3. The van der Waals surface area contributed by atoms with E-state index in [0.29, 0.717) is 24.7 Å². The number of ether oxygens (including phenoxy) is 3. The molecule has 2 saturated heterocycles. The summed E-state index contributed by atoms with van der Waals surface area (Å²) >= 11 is 0. The number of morpholine rings is 1. The zero-order valence-electron chi connectivity index (χ0n) is 20.3. The second-order valence-electron chi connectivity index (χ2n) is 8.82. The monoisotopic (exact) mass is 472 g/mol. The highest BCUT2D eigenvalue weighted by molar-refractivity contribution is 5.92. The van der Waals surface area contributed by atoms with E-state index in [2.05, 4.69) is 14.8 Å². The van der Waals surface area contributed by atoms with Crippen LogP contribution < -0.4 is 9.47 Å². The summed E-state index contributed by atoms with van der Waals surface area (Å²) in [5.41, 5.74) is 1.42. The predicted molar refractivity (Wildman–Crippen MR) is 127 cm³/mol. The van der Waals surface area contributed by atoms with Crippen LogP contribution in [0.2, 0.25) is 0 Å². The Morgan fingerprint density at radius 2 is 1.85 bits per heavy atom. The number of aromatic nitrogens is 1. The van der Waals surface area contributed by atoms with Gasteiger partial charge in [0, 0.05) is 51.4 Å². The lowest BCUT2D eigenvalue weighted by Gasteiger charge is -2.30. The SMILES string of the molecule is COc1ccc(OC)c(CN(CCN2CCOCC2)Cc2nc(C(=O)N3CCCCC3)co2)c1. The summed E-state index contributed by atoms with van der Waals surface area (Å²) in [7, 11) is 3.34. The van der Waals surface area contributed by atoms with Gasteiger partial charge in [-0.2, -0.15) is 0 Å². The number of hydrogen-bond acceptors (Lipinski definition) is 8. The summed E-state index contributed by atoms with van der Waals surface area (Å²) in [5, 5.41) is 0. The number of benzene rings is 1. The first-order valence-corrected chi connectivity index (χ1v) is 12.1. The maximum Gasteiger partial charge on any atom is 0.275 e. The van der Waals surface area contributed by atoms with Crippen LogP contribution in [0, 0.1) is 0 Å². The highest BCUT2D eigenvalue weighted by Crippen LogP contribution is 2.26. The van der Waals surface area contributed by atoms with Gasteiger partial charge in [-0.3, -0.25) is 14.6 Å². The topological polar surface area (TPSA) is 80.5 Å². The molecule has 3 heterocycles. The largest absolute Gasteiger partial charge is 0.497 e. The molecule has 0 atom stereocenters. The summed E-state index contributed by atoms with van der Waals surface area (Å²) in [6.07, 6.45) is 4.78. The molecule has 9 heteroatoms. The Hall–Kier alpha value is -2.62.